The highest BCUT2D eigenvalue weighted by atomic mass is 16.5. The molecule has 4 atom stereocenters. The number of aliphatic hydroxyl groups excluding tert-OH is 2. The van der Waals surface area contributed by atoms with Crippen LogP contribution in [0.1, 0.15) is 56.1 Å². The molecule has 1 aromatic rings. The lowest BCUT2D eigenvalue weighted by Gasteiger charge is -2.18. The first kappa shape index (κ1) is 24.3. The number of ketones is 1. The molecule has 3 N–H and O–H groups in total. The number of aliphatic carboxylic acids is 1. The molecule has 1 saturated carbocycles. The number of hydrogen-bond acceptors (Lipinski definition) is 5. The van der Waals surface area contributed by atoms with E-state index in [0.717, 1.165) is 30.4 Å². The maximum Gasteiger partial charge on any atom is 0.303 e. The van der Waals surface area contributed by atoms with Gasteiger partial charge in [-0.15, -0.1) is 0 Å². The molecule has 6 nitrogen and oxygen atoms in total. The summed E-state index contributed by atoms with van der Waals surface area (Å²) in [5, 5.41) is 29.4. The van der Waals surface area contributed by atoms with E-state index in [2.05, 4.69) is 0 Å². The first-order chi connectivity index (χ1) is 14.4. The minimum absolute atomic E-state index is 0.0736. The second-order valence-corrected chi connectivity index (χ2v) is 8.18. The van der Waals surface area contributed by atoms with E-state index in [1.165, 1.54) is 0 Å². The van der Waals surface area contributed by atoms with Gasteiger partial charge >= 0.3 is 5.97 Å². The second-order valence-electron chi connectivity index (χ2n) is 8.18. The summed E-state index contributed by atoms with van der Waals surface area (Å²) in [5.74, 6) is -1.21. The van der Waals surface area contributed by atoms with Crippen LogP contribution in [0.25, 0.3) is 0 Å². The molecule has 30 heavy (non-hydrogen) atoms. The Morgan fingerprint density at radius 1 is 1.23 bits per heavy atom. The summed E-state index contributed by atoms with van der Waals surface area (Å²) in [6, 6.07) is 7.87. The van der Waals surface area contributed by atoms with Crippen LogP contribution in [0, 0.1) is 11.8 Å². The number of carbonyl (C=O) groups is 2. The molecule has 166 valence electrons. The van der Waals surface area contributed by atoms with Crippen LogP contribution in [0.3, 0.4) is 0 Å². The van der Waals surface area contributed by atoms with Crippen LogP contribution >= 0.6 is 0 Å². The number of hydrogen-bond donors (Lipinski definition) is 3. The highest BCUT2D eigenvalue weighted by Crippen LogP contribution is 2.34. The zero-order valence-electron chi connectivity index (χ0n) is 17.7. The monoisotopic (exact) mass is 418 g/mol. The number of carboxylic acids is 1. The Labute approximate surface area is 178 Å². The normalized spacial score (nSPS) is 22.6. The number of carboxylic acid groups (broad SMARTS) is 1. The molecule has 1 aliphatic rings. The molecule has 0 bridgehead atoms. The van der Waals surface area contributed by atoms with Crippen LogP contribution in [0.2, 0.25) is 0 Å². The molecule has 0 saturated heterocycles. The Morgan fingerprint density at radius 2 is 1.97 bits per heavy atom. The summed E-state index contributed by atoms with van der Waals surface area (Å²) in [7, 11) is 1.64. The first-order valence-electron chi connectivity index (χ1n) is 10.8. The van der Waals surface area contributed by atoms with Gasteiger partial charge in [0.05, 0.1) is 18.8 Å². The van der Waals surface area contributed by atoms with Gasteiger partial charge in [-0.2, -0.15) is 0 Å². The Kier molecular flexibility index (Phi) is 10.2. The average Bonchev–Trinajstić information content (AvgIpc) is 2.95. The number of ether oxygens (including phenoxy) is 1. The lowest BCUT2D eigenvalue weighted by molar-refractivity contribution is -0.137. The van der Waals surface area contributed by atoms with Crippen molar-refractivity contribution in [2.24, 2.45) is 11.8 Å². The Morgan fingerprint density at radius 3 is 2.70 bits per heavy atom. The number of benzene rings is 1. The molecule has 2 rings (SSSR count). The van der Waals surface area contributed by atoms with E-state index in [1.54, 1.807) is 19.3 Å². The van der Waals surface area contributed by atoms with Gasteiger partial charge < -0.3 is 20.1 Å². The lowest BCUT2D eigenvalue weighted by Crippen LogP contribution is -2.19. The Balaban J connectivity index is 1.85. The van der Waals surface area contributed by atoms with Crippen LogP contribution in [0.5, 0.6) is 0 Å². The zero-order chi connectivity index (χ0) is 21.9. The van der Waals surface area contributed by atoms with Crippen molar-refractivity contribution < 1.29 is 29.6 Å². The Hall–Kier alpha value is -2.02. The number of unbranched alkanes of at least 4 members (excludes halogenated alkanes) is 3. The molecule has 1 aromatic carbocycles. The molecule has 0 heterocycles. The summed E-state index contributed by atoms with van der Waals surface area (Å²) in [6.07, 6.45) is 6.77. The van der Waals surface area contributed by atoms with Crippen LogP contribution in [-0.2, 0) is 27.4 Å². The maximum absolute atomic E-state index is 12.3. The number of methoxy groups -OCH3 is 1. The summed E-state index contributed by atoms with van der Waals surface area (Å²) in [5.41, 5.74) is 2.05. The summed E-state index contributed by atoms with van der Waals surface area (Å²) in [4.78, 5) is 22.8. The van der Waals surface area contributed by atoms with Crippen molar-refractivity contribution in [2.75, 3.05) is 7.11 Å². The van der Waals surface area contributed by atoms with Gasteiger partial charge in [0.15, 0.2) is 0 Å². The number of aliphatic hydroxyl groups is 2. The quantitative estimate of drug-likeness (QED) is 0.335. The van der Waals surface area contributed by atoms with Gasteiger partial charge in [-0.1, -0.05) is 55.7 Å². The Bertz CT molecular complexity index is 713. The van der Waals surface area contributed by atoms with Crippen molar-refractivity contribution in [3.8, 4) is 0 Å². The van der Waals surface area contributed by atoms with Crippen LogP contribution in [0.15, 0.2) is 36.4 Å². The third-order valence-electron chi connectivity index (χ3n) is 5.69. The number of rotatable bonds is 13. The molecule has 0 aromatic heterocycles. The van der Waals surface area contributed by atoms with Gasteiger partial charge in [0.2, 0.25) is 0 Å². The van der Waals surface area contributed by atoms with E-state index >= 15 is 0 Å². The highest BCUT2D eigenvalue weighted by molar-refractivity contribution is 5.84. The third kappa shape index (κ3) is 8.01. The summed E-state index contributed by atoms with van der Waals surface area (Å²) >= 11 is 0. The van der Waals surface area contributed by atoms with Gasteiger partial charge in [0.25, 0.3) is 0 Å². The van der Waals surface area contributed by atoms with E-state index in [0.29, 0.717) is 25.9 Å². The first-order valence-corrected chi connectivity index (χ1v) is 10.8. The van der Waals surface area contributed by atoms with Crippen molar-refractivity contribution in [2.45, 2.75) is 70.2 Å². The van der Waals surface area contributed by atoms with E-state index in [1.807, 2.05) is 24.3 Å². The zero-order valence-corrected chi connectivity index (χ0v) is 17.7. The van der Waals surface area contributed by atoms with Gasteiger partial charge in [-0.05, 0) is 24.0 Å². The fourth-order valence-electron chi connectivity index (χ4n) is 4.17. The number of carbonyl (C=O) groups excluding carboxylic acids is 1. The summed E-state index contributed by atoms with van der Waals surface area (Å²) < 4.78 is 5.14. The number of Topliss-reactive ketones (excluding diaryl/α,β-unsaturated/α-hetero) is 1. The molecule has 0 radical (unpaired) electrons. The van der Waals surface area contributed by atoms with Gasteiger partial charge in [0, 0.05) is 38.2 Å². The molecular weight excluding hydrogens is 384 g/mol. The van der Waals surface area contributed by atoms with Gasteiger partial charge in [-0.3, -0.25) is 9.59 Å². The van der Waals surface area contributed by atoms with E-state index < -0.39 is 18.2 Å². The standard InChI is InChI=1S/C24H34O6/c1-30-16-18-8-6-7-17(13-18)14-19(25)11-12-21-20(22(26)15-23(21)27)9-4-2-3-5-10-24(28)29/h6-8,11-13,19-21,23,25,27H,2-5,9-10,14-16H2,1H3,(H,28,29). The van der Waals surface area contributed by atoms with Crippen molar-refractivity contribution >= 4 is 11.8 Å². The van der Waals surface area contributed by atoms with Crippen molar-refractivity contribution in [1.29, 1.82) is 0 Å². The molecule has 0 amide bonds. The van der Waals surface area contributed by atoms with Crippen LogP contribution in [-0.4, -0.2) is 46.4 Å². The van der Waals surface area contributed by atoms with Crippen LogP contribution < -0.4 is 0 Å². The summed E-state index contributed by atoms with van der Waals surface area (Å²) in [6.45, 7) is 0.522. The van der Waals surface area contributed by atoms with E-state index in [9.17, 15) is 19.8 Å². The van der Waals surface area contributed by atoms with Crippen molar-refractivity contribution in [1.82, 2.24) is 0 Å². The largest absolute Gasteiger partial charge is 0.481 e. The molecule has 1 fully saturated rings. The predicted octanol–water partition coefficient (Wildman–Crippen LogP) is 3.28. The smallest absolute Gasteiger partial charge is 0.303 e. The topological polar surface area (TPSA) is 104 Å². The lowest BCUT2D eigenvalue weighted by atomic mass is 9.88. The van der Waals surface area contributed by atoms with Gasteiger partial charge in [0.1, 0.15) is 5.78 Å². The minimum Gasteiger partial charge on any atom is -0.481 e. The van der Waals surface area contributed by atoms with Crippen molar-refractivity contribution in [3.63, 3.8) is 0 Å². The highest BCUT2D eigenvalue weighted by Gasteiger charge is 2.39. The molecule has 0 spiro atoms. The maximum atomic E-state index is 12.3. The molecule has 0 aliphatic heterocycles. The fraction of sp³-hybridized carbons (Fsp3) is 0.583. The molecule has 4 unspecified atom stereocenters. The van der Waals surface area contributed by atoms with Crippen LogP contribution in [0.4, 0.5) is 0 Å². The molecular formula is C24H34O6. The molecule has 1 aliphatic carbocycles. The van der Waals surface area contributed by atoms with E-state index in [4.69, 9.17) is 9.84 Å². The van der Waals surface area contributed by atoms with Gasteiger partial charge in [-0.25, -0.2) is 0 Å². The molecule has 6 heteroatoms. The predicted molar refractivity (Wildman–Crippen MR) is 114 cm³/mol. The third-order valence-corrected chi connectivity index (χ3v) is 5.69. The average molecular weight is 419 g/mol. The van der Waals surface area contributed by atoms with E-state index in [-0.39, 0.29) is 30.5 Å². The SMILES string of the molecule is COCc1cccc(CC(O)C=CC2C(O)CC(=O)C2CCCCCCC(=O)O)c1. The van der Waals surface area contributed by atoms with Crippen molar-refractivity contribution in [3.05, 3.63) is 47.5 Å². The second kappa shape index (κ2) is 12.6. The minimum atomic E-state index is -0.779. The fourth-order valence-corrected chi connectivity index (χ4v) is 4.17.